The molecule has 116 valence electrons. The molecule has 1 aromatic rings. The van der Waals surface area contributed by atoms with Crippen molar-refractivity contribution in [2.45, 2.75) is 57.5 Å². The van der Waals surface area contributed by atoms with Crippen molar-refractivity contribution in [2.24, 2.45) is 5.92 Å². The lowest BCUT2D eigenvalue weighted by atomic mass is 9.77. The number of nitrogens with one attached hydrogen (secondary N) is 1. The molecule has 1 aromatic carbocycles. The Kier molecular flexibility index (Phi) is 4.79. The molecule has 0 radical (unpaired) electrons. The highest BCUT2D eigenvalue weighted by molar-refractivity contribution is 5.46. The molecule has 0 aromatic heterocycles. The summed E-state index contributed by atoms with van der Waals surface area (Å²) in [6.45, 7) is 4.18. The standard InChI is InChI=1S/C18H27FN2/c1-2-21(17-11-8-15(19)9-12-17)13-16-10-7-14-5-3-4-6-18(14)20-16/h8-9,11-12,14,16,18,20H,2-7,10,13H2,1H3. The van der Waals surface area contributed by atoms with E-state index in [-0.39, 0.29) is 5.82 Å². The van der Waals surface area contributed by atoms with Crippen LogP contribution in [-0.4, -0.2) is 25.2 Å². The zero-order chi connectivity index (χ0) is 14.7. The molecule has 0 spiro atoms. The normalized spacial score (nSPS) is 29.0. The lowest BCUT2D eigenvalue weighted by molar-refractivity contribution is 0.177. The molecule has 3 heteroatoms. The molecule has 1 saturated heterocycles. The Balaban J connectivity index is 1.60. The number of hydrogen-bond donors (Lipinski definition) is 1. The van der Waals surface area contributed by atoms with E-state index in [2.05, 4.69) is 17.1 Å². The van der Waals surface area contributed by atoms with Crippen LogP contribution in [-0.2, 0) is 0 Å². The SMILES string of the molecule is CCN(CC1CCC2CCCCC2N1)c1ccc(F)cc1. The molecule has 1 heterocycles. The summed E-state index contributed by atoms with van der Waals surface area (Å²) in [5.41, 5.74) is 1.13. The number of anilines is 1. The van der Waals surface area contributed by atoms with Gasteiger partial charge in [-0.1, -0.05) is 12.8 Å². The van der Waals surface area contributed by atoms with Gasteiger partial charge in [-0.05, 0) is 62.8 Å². The number of likely N-dealkylation sites (N-methyl/N-ethyl adjacent to an activating group) is 1. The molecule has 2 fully saturated rings. The molecule has 1 saturated carbocycles. The maximum atomic E-state index is 13.1. The first-order valence-corrected chi connectivity index (χ1v) is 8.53. The summed E-state index contributed by atoms with van der Waals surface area (Å²) in [6.07, 6.45) is 8.23. The summed E-state index contributed by atoms with van der Waals surface area (Å²) < 4.78 is 13.1. The second-order valence-corrected chi connectivity index (χ2v) is 6.61. The fraction of sp³-hybridized carbons (Fsp3) is 0.667. The summed E-state index contributed by atoms with van der Waals surface area (Å²) in [6, 6.07) is 8.22. The second kappa shape index (κ2) is 6.78. The van der Waals surface area contributed by atoms with Gasteiger partial charge in [-0.15, -0.1) is 0 Å². The van der Waals surface area contributed by atoms with Gasteiger partial charge in [0.1, 0.15) is 5.82 Å². The third-order valence-electron chi connectivity index (χ3n) is 5.26. The van der Waals surface area contributed by atoms with Gasteiger partial charge < -0.3 is 10.2 Å². The van der Waals surface area contributed by atoms with E-state index in [4.69, 9.17) is 0 Å². The molecule has 3 rings (SSSR count). The van der Waals surface area contributed by atoms with Crippen LogP contribution >= 0.6 is 0 Å². The fourth-order valence-electron chi connectivity index (χ4n) is 4.05. The van der Waals surface area contributed by atoms with Gasteiger partial charge in [0.15, 0.2) is 0 Å². The molecule has 1 N–H and O–H groups in total. The molecule has 3 unspecified atom stereocenters. The zero-order valence-electron chi connectivity index (χ0n) is 13.0. The van der Waals surface area contributed by atoms with Gasteiger partial charge in [0.05, 0.1) is 0 Å². The Labute approximate surface area is 127 Å². The van der Waals surface area contributed by atoms with Crippen molar-refractivity contribution in [3.8, 4) is 0 Å². The van der Waals surface area contributed by atoms with Crippen LogP contribution in [0, 0.1) is 11.7 Å². The number of hydrogen-bond acceptors (Lipinski definition) is 2. The molecule has 21 heavy (non-hydrogen) atoms. The molecular weight excluding hydrogens is 263 g/mol. The zero-order valence-corrected chi connectivity index (χ0v) is 13.0. The van der Waals surface area contributed by atoms with E-state index in [0.717, 1.165) is 30.7 Å². The first-order valence-electron chi connectivity index (χ1n) is 8.53. The number of rotatable bonds is 4. The van der Waals surface area contributed by atoms with E-state index >= 15 is 0 Å². The third kappa shape index (κ3) is 3.57. The van der Waals surface area contributed by atoms with Crippen LogP contribution in [0.15, 0.2) is 24.3 Å². The van der Waals surface area contributed by atoms with E-state index in [9.17, 15) is 4.39 Å². The molecule has 2 nitrogen and oxygen atoms in total. The summed E-state index contributed by atoms with van der Waals surface area (Å²) in [7, 11) is 0. The summed E-state index contributed by atoms with van der Waals surface area (Å²) in [4.78, 5) is 2.36. The van der Waals surface area contributed by atoms with Crippen LogP contribution in [0.2, 0.25) is 0 Å². The average molecular weight is 290 g/mol. The van der Waals surface area contributed by atoms with Crippen molar-refractivity contribution in [1.82, 2.24) is 5.32 Å². The topological polar surface area (TPSA) is 15.3 Å². The predicted octanol–water partition coefficient (Wildman–Crippen LogP) is 3.96. The van der Waals surface area contributed by atoms with E-state index in [1.807, 2.05) is 12.1 Å². The number of piperidine rings is 1. The Hall–Kier alpha value is -1.09. The molecular formula is C18H27FN2. The van der Waals surface area contributed by atoms with Crippen molar-refractivity contribution in [3.63, 3.8) is 0 Å². The van der Waals surface area contributed by atoms with Crippen molar-refractivity contribution >= 4 is 5.69 Å². The van der Waals surface area contributed by atoms with E-state index in [1.165, 1.54) is 38.5 Å². The summed E-state index contributed by atoms with van der Waals surface area (Å²) >= 11 is 0. The quantitative estimate of drug-likeness (QED) is 0.903. The Morgan fingerprint density at radius 3 is 2.62 bits per heavy atom. The second-order valence-electron chi connectivity index (χ2n) is 6.61. The smallest absolute Gasteiger partial charge is 0.123 e. The Morgan fingerprint density at radius 1 is 1.10 bits per heavy atom. The molecule has 0 amide bonds. The molecule has 2 aliphatic rings. The first-order chi connectivity index (χ1) is 10.3. The third-order valence-corrected chi connectivity index (χ3v) is 5.26. The highest BCUT2D eigenvalue weighted by Crippen LogP contribution is 2.32. The number of fused-ring (bicyclic) bond motifs is 1. The molecule has 1 aliphatic heterocycles. The van der Waals surface area contributed by atoms with Gasteiger partial charge in [-0.25, -0.2) is 4.39 Å². The van der Waals surface area contributed by atoms with E-state index in [1.54, 1.807) is 12.1 Å². The fourth-order valence-corrected chi connectivity index (χ4v) is 4.05. The lowest BCUT2D eigenvalue weighted by Crippen LogP contribution is -2.53. The average Bonchev–Trinajstić information content (AvgIpc) is 2.53. The largest absolute Gasteiger partial charge is 0.370 e. The number of nitrogens with zero attached hydrogens (tertiary/aromatic N) is 1. The highest BCUT2D eigenvalue weighted by Gasteiger charge is 2.32. The maximum Gasteiger partial charge on any atom is 0.123 e. The van der Waals surface area contributed by atoms with Gasteiger partial charge in [0, 0.05) is 30.9 Å². The van der Waals surface area contributed by atoms with Gasteiger partial charge in [-0.2, -0.15) is 0 Å². The van der Waals surface area contributed by atoms with Gasteiger partial charge in [-0.3, -0.25) is 0 Å². The minimum Gasteiger partial charge on any atom is -0.370 e. The van der Waals surface area contributed by atoms with Crippen LogP contribution in [0.5, 0.6) is 0 Å². The molecule has 0 bridgehead atoms. The Bertz CT molecular complexity index is 445. The van der Waals surface area contributed by atoms with Gasteiger partial charge >= 0.3 is 0 Å². The van der Waals surface area contributed by atoms with Gasteiger partial charge in [0.2, 0.25) is 0 Å². The summed E-state index contributed by atoms with van der Waals surface area (Å²) in [5.74, 6) is 0.756. The number of benzene rings is 1. The van der Waals surface area contributed by atoms with Crippen LogP contribution in [0.25, 0.3) is 0 Å². The van der Waals surface area contributed by atoms with Gasteiger partial charge in [0.25, 0.3) is 0 Å². The van der Waals surface area contributed by atoms with Crippen LogP contribution in [0.3, 0.4) is 0 Å². The number of halogens is 1. The van der Waals surface area contributed by atoms with E-state index in [0.29, 0.717) is 6.04 Å². The lowest BCUT2D eigenvalue weighted by Gasteiger charge is -2.42. The van der Waals surface area contributed by atoms with Crippen molar-refractivity contribution < 1.29 is 4.39 Å². The molecule has 3 atom stereocenters. The highest BCUT2D eigenvalue weighted by atomic mass is 19.1. The van der Waals surface area contributed by atoms with Crippen molar-refractivity contribution in [2.75, 3.05) is 18.0 Å². The predicted molar refractivity (Wildman–Crippen MR) is 86.2 cm³/mol. The maximum absolute atomic E-state index is 13.1. The van der Waals surface area contributed by atoms with Crippen molar-refractivity contribution in [3.05, 3.63) is 30.1 Å². The Morgan fingerprint density at radius 2 is 1.86 bits per heavy atom. The minimum absolute atomic E-state index is 0.157. The first kappa shape index (κ1) is 14.8. The monoisotopic (exact) mass is 290 g/mol. The summed E-state index contributed by atoms with van der Waals surface area (Å²) in [5, 5.41) is 3.89. The van der Waals surface area contributed by atoms with Crippen molar-refractivity contribution in [1.29, 1.82) is 0 Å². The minimum atomic E-state index is -0.157. The molecule has 1 aliphatic carbocycles. The van der Waals surface area contributed by atoms with Crippen LogP contribution < -0.4 is 10.2 Å². The van der Waals surface area contributed by atoms with Crippen LogP contribution in [0.4, 0.5) is 10.1 Å². The van der Waals surface area contributed by atoms with E-state index < -0.39 is 0 Å². The van der Waals surface area contributed by atoms with Crippen LogP contribution in [0.1, 0.15) is 45.4 Å².